The molecular weight excluding hydrogens is 336 g/mol. The number of piperidine rings is 1. The first-order chi connectivity index (χ1) is 13.0. The van der Waals surface area contributed by atoms with E-state index in [1.165, 1.54) is 12.8 Å². The van der Waals surface area contributed by atoms with E-state index in [2.05, 4.69) is 40.8 Å². The van der Waals surface area contributed by atoms with Gasteiger partial charge in [0.05, 0.1) is 6.04 Å². The number of hydrogen-bond acceptors (Lipinski definition) is 5. The van der Waals surface area contributed by atoms with Crippen molar-refractivity contribution in [1.82, 2.24) is 14.9 Å². The molecule has 2 aliphatic rings. The summed E-state index contributed by atoms with van der Waals surface area (Å²) in [5.41, 5.74) is 2.41. The lowest BCUT2D eigenvalue weighted by atomic mass is 9.79. The molecule has 0 unspecified atom stereocenters. The van der Waals surface area contributed by atoms with Crippen LogP contribution in [0.1, 0.15) is 41.9 Å². The average Bonchev–Trinajstić information content (AvgIpc) is 3.20. The lowest BCUT2D eigenvalue weighted by Crippen LogP contribution is -2.60. The minimum Gasteiger partial charge on any atom is -0.383 e. The van der Waals surface area contributed by atoms with Crippen LogP contribution in [0.25, 0.3) is 0 Å². The number of hydrogen-bond donors (Lipinski definition) is 1. The Bertz CT molecular complexity index is 803. The lowest BCUT2D eigenvalue weighted by molar-refractivity contribution is -0.0603. The van der Waals surface area contributed by atoms with Gasteiger partial charge in [0.15, 0.2) is 0 Å². The average molecular weight is 367 g/mol. The molecule has 0 amide bonds. The minimum atomic E-state index is -0.812. The smallest absolute Gasteiger partial charge is 0.135 e. The molecule has 144 valence electrons. The molecule has 5 heteroatoms. The van der Waals surface area contributed by atoms with Crippen LogP contribution < -0.4 is 4.90 Å². The summed E-state index contributed by atoms with van der Waals surface area (Å²) in [5.74, 6) is 1.84. The van der Waals surface area contributed by atoms with Gasteiger partial charge in [-0.1, -0.05) is 30.3 Å². The molecule has 2 saturated heterocycles. The van der Waals surface area contributed by atoms with Crippen LogP contribution >= 0.6 is 0 Å². The molecule has 1 N–H and O–H groups in total. The summed E-state index contributed by atoms with van der Waals surface area (Å²) in [7, 11) is 0. The van der Waals surface area contributed by atoms with E-state index in [1.807, 2.05) is 25.1 Å². The fourth-order valence-corrected chi connectivity index (χ4v) is 4.71. The minimum absolute atomic E-state index is 0.0751. The van der Waals surface area contributed by atoms with Crippen LogP contribution in [0.15, 0.2) is 30.3 Å². The lowest BCUT2D eigenvalue weighted by Gasteiger charge is -2.49. The first-order valence-electron chi connectivity index (χ1n) is 10.1. The van der Waals surface area contributed by atoms with Gasteiger partial charge in [-0.15, -0.1) is 0 Å². The number of nitrogens with zero attached hydrogens (tertiary/aromatic N) is 4. The maximum absolute atomic E-state index is 11.8. The Kier molecular flexibility index (Phi) is 4.91. The van der Waals surface area contributed by atoms with Crippen LogP contribution in [-0.2, 0) is 5.60 Å². The Labute approximate surface area is 162 Å². The maximum Gasteiger partial charge on any atom is 0.135 e. The van der Waals surface area contributed by atoms with Crippen molar-refractivity contribution in [3.8, 4) is 0 Å². The van der Waals surface area contributed by atoms with Gasteiger partial charge in [0, 0.05) is 24.3 Å². The van der Waals surface area contributed by atoms with Crippen LogP contribution in [0.4, 0.5) is 5.82 Å². The zero-order valence-electron chi connectivity index (χ0n) is 16.6. The fraction of sp³-hybridized carbons (Fsp3) is 0.545. The van der Waals surface area contributed by atoms with Gasteiger partial charge in [-0.25, -0.2) is 9.97 Å². The third-order valence-electron chi connectivity index (χ3n) is 6.34. The number of aryl methyl sites for hydroxylation is 2. The highest BCUT2D eigenvalue weighted by atomic mass is 16.3. The number of likely N-dealkylation sites (tertiary alicyclic amines) is 1. The van der Waals surface area contributed by atoms with E-state index in [9.17, 15) is 5.11 Å². The highest BCUT2D eigenvalue weighted by Crippen LogP contribution is 2.39. The van der Waals surface area contributed by atoms with E-state index in [1.54, 1.807) is 0 Å². The number of aliphatic hydroxyl groups is 1. The molecule has 0 spiro atoms. The quantitative estimate of drug-likeness (QED) is 0.905. The highest BCUT2D eigenvalue weighted by Gasteiger charge is 2.46. The number of anilines is 1. The molecule has 4 rings (SSSR count). The van der Waals surface area contributed by atoms with Gasteiger partial charge < -0.3 is 10.0 Å². The van der Waals surface area contributed by atoms with Gasteiger partial charge >= 0.3 is 0 Å². The fourth-order valence-electron chi connectivity index (χ4n) is 4.71. The molecule has 2 aliphatic heterocycles. The molecule has 0 radical (unpaired) electrons. The Balaban J connectivity index is 1.69. The van der Waals surface area contributed by atoms with Gasteiger partial charge in [0.25, 0.3) is 0 Å². The zero-order valence-corrected chi connectivity index (χ0v) is 16.6. The second-order valence-electron chi connectivity index (χ2n) is 8.05. The van der Waals surface area contributed by atoms with Gasteiger partial charge in [0.1, 0.15) is 17.2 Å². The molecule has 5 nitrogen and oxygen atoms in total. The van der Waals surface area contributed by atoms with E-state index in [-0.39, 0.29) is 6.04 Å². The Morgan fingerprint density at radius 3 is 2.41 bits per heavy atom. The third-order valence-corrected chi connectivity index (χ3v) is 6.34. The second kappa shape index (κ2) is 7.21. The van der Waals surface area contributed by atoms with Gasteiger partial charge in [-0.2, -0.15) is 0 Å². The predicted octanol–water partition coefficient (Wildman–Crippen LogP) is 2.96. The van der Waals surface area contributed by atoms with Crippen molar-refractivity contribution in [2.75, 3.05) is 31.1 Å². The van der Waals surface area contributed by atoms with Gasteiger partial charge in [-0.3, -0.25) is 4.90 Å². The molecule has 2 aromatic rings. The van der Waals surface area contributed by atoms with Crippen molar-refractivity contribution in [3.05, 3.63) is 53.0 Å². The molecule has 2 fully saturated rings. The molecule has 0 aliphatic carbocycles. The summed E-state index contributed by atoms with van der Waals surface area (Å²) in [5, 5.41) is 11.8. The molecular formula is C22H30N4O. The summed E-state index contributed by atoms with van der Waals surface area (Å²) in [6.45, 7) is 9.83. The van der Waals surface area contributed by atoms with Crippen molar-refractivity contribution in [1.29, 1.82) is 0 Å². The van der Waals surface area contributed by atoms with Crippen molar-refractivity contribution in [2.45, 2.75) is 51.7 Å². The normalized spacial score (nSPS) is 26.5. The van der Waals surface area contributed by atoms with Crippen LogP contribution in [0, 0.1) is 20.8 Å². The Morgan fingerprint density at radius 1 is 1.00 bits per heavy atom. The Hall–Kier alpha value is -1.98. The van der Waals surface area contributed by atoms with E-state index in [4.69, 9.17) is 4.98 Å². The van der Waals surface area contributed by atoms with Crippen LogP contribution in [0.2, 0.25) is 0 Å². The monoisotopic (exact) mass is 366 g/mol. The van der Waals surface area contributed by atoms with Crippen molar-refractivity contribution < 1.29 is 5.11 Å². The number of aromatic nitrogens is 2. The first-order valence-corrected chi connectivity index (χ1v) is 10.1. The van der Waals surface area contributed by atoms with Gasteiger partial charge in [0.2, 0.25) is 0 Å². The number of rotatable bonds is 3. The summed E-state index contributed by atoms with van der Waals surface area (Å²) < 4.78 is 0. The van der Waals surface area contributed by atoms with Gasteiger partial charge in [-0.05, 0) is 58.7 Å². The molecule has 2 atom stereocenters. The summed E-state index contributed by atoms with van der Waals surface area (Å²) in [4.78, 5) is 14.1. The van der Waals surface area contributed by atoms with Crippen LogP contribution in [-0.4, -0.2) is 52.2 Å². The van der Waals surface area contributed by atoms with Crippen LogP contribution in [0.3, 0.4) is 0 Å². The van der Waals surface area contributed by atoms with E-state index in [0.29, 0.717) is 6.42 Å². The standard InChI is InChI=1S/C22H30N4O/c1-16-17(2)23-18(3)24-21(16)26-14-11-22(27,19-9-5-4-6-10-19)20(15-26)25-12-7-8-13-25/h4-6,9-10,20,27H,7-8,11-15H2,1-3H3/t20-,22+/m1/s1. The largest absolute Gasteiger partial charge is 0.383 e. The van der Waals surface area contributed by atoms with Crippen molar-refractivity contribution in [2.24, 2.45) is 0 Å². The molecule has 1 aromatic carbocycles. The third kappa shape index (κ3) is 3.34. The molecule has 27 heavy (non-hydrogen) atoms. The van der Waals surface area contributed by atoms with Crippen LogP contribution in [0.5, 0.6) is 0 Å². The molecule has 3 heterocycles. The zero-order chi connectivity index (χ0) is 19.0. The molecule has 1 aromatic heterocycles. The molecule has 0 saturated carbocycles. The first kappa shape index (κ1) is 18.4. The predicted molar refractivity (Wildman–Crippen MR) is 108 cm³/mol. The Morgan fingerprint density at radius 2 is 1.70 bits per heavy atom. The summed E-state index contributed by atoms with van der Waals surface area (Å²) in [6, 6.07) is 10.3. The SMILES string of the molecule is Cc1nc(C)c(C)c(N2CC[C@](O)(c3ccccc3)[C@H](N3CCCC3)C2)n1. The summed E-state index contributed by atoms with van der Waals surface area (Å²) >= 11 is 0. The van der Waals surface area contributed by atoms with E-state index >= 15 is 0 Å². The van der Waals surface area contributed by atoms with E-state index < -0.39 is 5.60 Å². The highest BCUT2D eigenvalue weighted by molar-refractivity contribution is 5.49. The van der Waals surface area contributed by atoms with Crippen molar-refractivity contribution >= 4 is 5.82 Å². The second-order valence-corrected chi connectivity index (χ2v) is 8.05. The number of benzene rings is 1. The molecule has 0 bridgehead atoms. The van der Waals surface area contributed by atoms with Crippen molar-refractivity contribution in [3.63, 3.8) is 0 Å². The summed E-state index contributed by atoms with van der Waals surface area (Å²) in [6.07, 6.45) is 3.14. The topological polar surface area (TPSA) is 52.5 Å². The maximum atomic E-state index is 11.8. The van der Waals surface area contributed by atoms with E-state index in [0.717, 1.165) is 54.6 Å².